The van der Waals surface area contributed by atoms with Crippen molar-refractivity contribution in [2.24, 2.45) is 0 Å². The number of nitrogens with one attached hydrogen (secondary N) is 1. The fraction of sp³-hybridized carbons (Fsp3) is 0.600. The van der Waals surface area contributed by atoms with Gasteiger partial charge in [-0.3, -0.25) is 0 Å². The van der Waals surface area contributed by atoms with Crippen LogP contribution in [0.5, 0.6) is 5.75 Å². The number of hydrogen-bond acceptors (Lipinski definition) is 4. The van der Waals surface area contributed by atoms with Crippen LogP contribution >= 0.6 is 0 Å². The Hall–Kier alpha value is -1.10. The third kappa shape index (κ3) is 3.69. The molecule has 1 N–H and O–H groups in total. The second kappa shape index (κ2) is 5.90. The predicted molar refractivity (Wildman–Crippen MR) is 74.3 cm³/mol. The molecule has 1 aliphatic heterocycles. The number of hydrogen-bond donors (Lipinski definition) is 1. The molecule has 0 amide bonds. The van der Waals surface area contributed by atoms with E-state index in [1.54, 1.807) is 7.11 Å². The lowest BCUT2D eigenvalue weighted by atomic mass is 10.1. The number of para-hydroxylation sites is 1. The lowest BCUT2D eigenvalue weighted by Crippen LogP contribution is -2.49. The van der Waals surface area contributed by atoms with Crippen LogP contribution in [0.1, 0.15) is 32.4 Å². The molecule has 1 fully saturated rings. The van der Waals surface area contributed by atoms with Gasteiger partial charge in [0, 0.05) is 11.6 Å². The average Bonchev–Trinajstić information content (AvgIpc) is 2.41. The van der Waals surface area contributed by atoms with Gasteiger partial charge in [-0.2, -0.15) is 0 Å². The number of ether oxygens (including phenoxy) is 3. The Morgan fingerprint density at radius 2 is 1.89 bits per heavy atom. The molecule has 106 valence electrons. The van der Waals surface area contributed by atoms with Crippen molar-refractivity contribution in [3.8, 4) is 5.75 Å². The van der Waals surface area contributed by atoms with Crippen molar-refractivity contribution in [3.05, 3.63) is 29.8 Å². The van der Waals surface area contributed by atoms with Crippen LogP contribution in [0.25, 0.3) is 0 Å². The minimum atomic E-state index is -0.466. The van der Waals surface area contributed by atoms with Gasteiger partial charge >= 0.3 is 0 Å². The van der Waals surface area contributed by atoms with Gasteiger partial charge < -0.3 is 19.5 Å². The molecule has 0 radical (unpaired) electrons. The summed E-state index contributed by atoms with van der Waals surface area (Å²) in [6.07, 6.45) is 0. The van der Waals surface area contributed by atoms with E-state index in [0.717, 1.165) is 11.3 Å². The summed E-state index contributed by atoms with van der Waals surface area (Å²) in [5, 5.41) is 3.52. The summed E-state index contributed by atoms with van der Waals surface area (Å²) in [6.45, 7) is 7.32. The van der Waals surface area contributed by atoms with Crippen LogP contribution in [0.3, 0.4) is 0 Å². The minimum absolute atomic E-state index is 0.189. The standard InChI is InChI=1S/C15H23NO3/c1-11(13-7-5-6-8-14(13)17-4)16-12-9-18-15(2,3)19-10-12/h5-8,11-12,16H,9-10H2,1-4H3. The van der Waals surface area contributed by atoms with E-state index in [0.29, 0.717) is 13.2 Å². The molecule has 4 nitrogen and oxygen atoms in total. The zero-order chi connectivity index (χ0) is 13.9. The summed E-state index contributed by atoms with van der Waals surface area (Å²) in [5.41, 5.74) is 1.15. The Kier molecular flexibility index (Phi) is 4.45. The van der Waals surface area contributed by atoms with Gasteiger partial charge in [0.05, 0.1) is 26.4 Å². The van der Waals surface area contributed by atoms with Gasteiger partial charge in [0.2, 0.25) is 0 Å². The molecule has 0 saturated carbocycles. The summed E-state index contributed by atoms with van der Waals surface area (Å²) < 4.78 is 16.7. The molecule has 1 heterocycles. The van der Waals surface area contributed by atoms with E-state index in [4.69, 9.17) is 14.2 Å². The maximum atomic E-state index is 5.66. The van der Waals surface area contributed by atoms with Crippen molar-refractivity contribution in [2.75, 3.05) is 20.3 Å². The minimum Gasteiger partial charge on any atom is -0.496 e. The van der Waals surface area contributed by atoms with Crippen molar-refractivity contribution < 1.29 is 14.2 Å². The first-order valence-corrected chi connectivity index (χ1v) is 6.69. The van der Waals surface area contributed by atoms with E-state index in [1.807, 2.05) is 32.0 Å². The normalized spacial score (nSPS) is 21.1. The van der Waals surface area contributed by atoms with Gasteiger partial charge in [0.1, 0.15) is 5.75 Å². The molecule has 4 heteroatoms. The summed E-state index contributed by atoms with van der Waals surface area (Å²) in [5.74, 6) is 0.437. The van der Waals surface area contributed by atoms with Crippen molar-refractivity contribution in [1.82, 2.24) is 5.32 Å². The van der Waals surface area contributed by atoms with Crippen LogP contribution in [0, 0.1) is 0 Å². The van der Waals surface area contributed by atoms with Crippen LogP contribution in [-0.2, 0) is 9.47 Å². The molecular weight excluding hydrogens is 242 g/mol. The summed E-state index contributed by atoms with van der Waals surface area (Å²) in [4.78, 5) is 0. The molecule has 19 heavy (non-hydrogen) atoms. The van der Waals surface area contributed by atoms with Crippen molar-refractivity contribution >= 4 is 0 Å². The quantitative estimate of drug-likeness (QED) is 0.908. The maximum absolute atomic E-state index is 5.66. The van der Waals surface area contributed by atoms with Crippen molar-refractivity contribution in [2.45, 2.75) is 38.6 Å². The largest absolute Gasteiger partial charge is 0.496 e. The monoisotopic (exact) mass is 265 g/mol. The first-order chi connectivity index (χ1) is 9.02. The number of methoxy groups -OCH3 is 1. The molecule has 0 bridgehead atoms. The van der Waals surface area contributed by atoms with E-state index in [9.17, 15) is 0 Å². The fourth-order valence-electron chi connectivity index (χ4n) is 2.26. The Bertz CT molecular complexity index is 410. The summed E-state index contributed by atoms with van der Waals surface area (Å²) in [7, 11) is 1.70. The average molecular weight is 265 g/mol. The topological polar surface area (TPSA) is 39.7 Å². The molecule has 2 rings (SSSR count). The molecule has 1 aliphatic rings. The van der Waals surface area contributed by atoms with Crippen LogP contribution in [0.15, 0.2) is 24.3 Å². The highest BCUT2D eigenvalue weighted by Gasteiger charge is 2.29. The van der Waals surface area contributed by atoms with Gasteiger partial charge in [-0.1, -0.05) is 18.2 Å². The number of rotatable bonds is 4. The van der Waals surface area contributed by atoms with Gasteiger partial charge in [-0.15, -0.1) is 0 Å². The second-order valence-electron chi connectivity index (χ2n) is 5.35. The van der Waals surface area contributed by atoms with Crippen LogP contribution < -0.4 is 10.1 Å². The van der Waals surface area contributed by atoms with E-state index < -0.39 is 5.79 Å². The van der Waals surface area contributed by atoms with Crippen LogP contribution in [0.2, 0.25) is 0 Å². The lowest BCUT2D eigenvalue weighted by Gasteiger charge is -2.36. The Balaban J connectivity index is 1.96. The molecule has 0 aromatic heterocycles. The molecule has 1 aromatic carbocycles. The van der Waals surface area contributed by atoms with Crippen molar-refractivity contribution in [3.63, 3.8) is 0 Å². The predicted octanol–water partition coefficient (Wildman–Crippen LogP) is 2.50. The van der Waals surface area contributed by atoms with Crippen LogP contribution in [0.4, 0.5) is 0 Å². The molecule has 1 saturated heterocycles. The molecule has 1 aromatic rings. The van der Waals surface area contributed by atoms with E-state index in [2.05, 4.69) is 18.3 Å². The number of benzene rings is 1. The highest BCUT2D eigenvalue weighted by Crippen LogP contribution is 2.25. The molecule has 1 atom stereocenters. The van der Waals surface area contributed by atoms with E-state index in [1.165, 1.54) is 0 Å². The third-order valence-corrected chi connectivity index (χ3v) is 3.36. The zero-order valence-corrected chi connectivity index (χ0v) is 12.1. The van der Waals surface area contributed by atoms with Gasteiger partial charge in [0.25, 0.3) is 0 Å². The summed E-state index contributed by atoms with van der Waals surface area (Å²) in [6, 6.07) is 8.44. The molecular formula is C15H23NO3. The SMILES string of the molecule is COc1ccccc1C(C)NC1COC(C)(C)OC1. The zero-order valence-electron chi connectivity index (χ0n) is 12.1. The Labute approximate surface area is 115 Å². The summed E-state index contributed by atoms with van der Waals surface area (Å²) >= 11 is 0. The highest BCUT2D eigenvalue weighted by molar-refractivity contribution is 5.35. The van der Waals surface area contributed by atoms with Gasteiger partial charge in [-0.25, -0.2) is 0 Å². The molecule has 0 aliphatic carbocycles. The fourth-order valence-corrected chi connectivity index (χ4v) is 2.26. The van der Waals surface area contributed by atoms with Crippen molar-refractivity contribution in [1.29, 1.82) is 0 Å². The maximum Gasteiger partial charge on any atom is 0.162 e. The molecule has 0 spiro atoms. The van der Waals surface area contributed by atoms with Gasteiger partial charge in [0.15, 0.2) is 5.79 Å². The first-order valence-electron chi connectivity index (χ1n) is 6.69. The second-order valence-corrected chi connectivity index (χ2v) is 5.35. The van der Waals surface area contributed by atoms with Crippen LogP contribution in [-0.4, -0.2) is 32.2 Å². The first kappa shape index (κ1) is 14.3. The Morgan fingerprint density at radius 1 is 1.26 bits per heavy atom. The smallest absolute Gasteiger partial charge is 0.162 e. The van der Waals surface area contributed by atoms with E-state index >= 15 is 0 Å². The highest BCUT2D eigenvalue weighted by atomic mass is 16.7. The van der Waals surface area contributed by atoms with Gasteiger partial charge in [-0.05, 0) is 26.8 Å². The lowest BCUT2D eigenvalue weighted by molar-refractivity contribution is -0.253. The third-order valence-electron chi connectivity index (χ3n) is 3.36. The van der Waals surface area contributed by atoms with E-state index in [-0.39, 0.29) is 12.1 Å². The Morgan fingerprint density at radius 3 is 2.53 bits per heavy atom. The molecule has 1 unspecified atom stereocenters.